The Labute approximate surface area is 231 Å². The van der Waals surface area contributed by atoms with Gasteiger partial charge in [0.05, 0.1) is 10.6 Å². The average molecular weight is 557 g/mol. The first-order valence-electron chi connectivity index (χ1n) is 14.0. The van der Waals surface area contributed by atoms with Crippen LogP contribution >= 0.6 is 0 Å². The van der Waals surface area contributed by atoms with Gasteiger partial charge >= 0.3 is 11.9 Å². The van der Waals surface area contributed by atoms with Crippen molar-refractivity contribution in [2.24, 2.45) is 33.7 Å². The summed E-state index contributed by atoms with van der Waals surface area (Å²) in [6.07, 6.45) is 7.64. The molecule has 4 aliphatic carbocycles. The monoisotopic (exact) mass is 556 g/mol. The molecule has 1 N–H and O–H groups in total. The van der Waals surface area contributed by atoms with Crippen molar-refractivity contribution in [1.29, 1.82) is 0 Å². The van der Waals surface area contributed by atoms with E-state index in [1.54, 1.807) is 24.3 Å². The molecule has 39 heavy (non-hydrogen) atoms. The van der Waals surface area contributed by atoms with Crippen LogP contribution in [0.15, 0.2) is 45.9 Å². The molecule has 1 aromatic carbocycles. The van der Waals surface area contributed by atoms with Gasteiger partial charge in [0.15, 0.2) is 0 Å². The summed E-state index contributed by atoms with van der Waals surface area (Å²) in [4.78, 5) is 26.3. The van der Waals surface area contributed by atoms with Gasteiger partial charge in [0.1, 0.15) is 12.2 Å². The lowest BCUT2D eigenvalue weighted by atomic mass is 9.47. The van der Waals surface area contributed by atoms with Gasteiger partial charge in [0, 0.05) is 31.6 Å². The molecule has 0 heterocycles. The van der Waals surface area contributed by atoms with E-state index in [9.17, 15) is 18.0 Å². The molecular weight excluding hydrogens is 516 g/mol. The molecule has 7 atom stereocenters. The Kier molecular flexibility index (Phi) is 7.19. The Bertz CT molecular complexity index is 1320. The van der Waals surface area contributed by atoms with Crippen molar-refractivity contribution in [3.8, 4) is 0 Å². The number of carbonyl (C=O) groups excluding carboxylic acids is 2. The van der Waals surface area contributed by atoms with Crippen LogP contribution in [0.3, 0.4) is 0 Å². The zero-order valence-electron chi connectivity index (χ0n) is 23.5. The van der Waals surface area contributed by atoms with Crippen LogP contribution in [0, 0.1) is 35.5 Å². The van der Waals surface area contributed by atoms with Crippen LogP contribution in [0.4, 0.5) is 0 Å². The molecule has 8 nitrogen and oxygen atoms in total. The number of fused-ring (bicyclic) bond motifs is 5. The molecule has 212 valence electrons. The maximum Gasteiger partial charge on any atom is 0.302 e. The molecule has 3 unspecified atom stereocenters. The van der Waals surface area contributed by atoms with E-state index >= 15 is 0 Å². The van der Waals surface area contributed by atoms with Crippen molar-refractivity contribution in [2.45, 2.75) is 96.7 Å². The summed E-state index contributed by atoms with van der Waals surface area (Å²) in [5.41, 5.74) is 2.60. The summed E-state index contributed by atoms with van der Waals surface area (Å²) < 4.78 is 37.8. The third kappa shape index (κ3) is 5.03. The molecule has 0 aromatic heterocycles. The first-order chi connectivity index (χ1) is 18.3. The van der Waals surface area contributed by atoms with Gasteiger partial charge in [-0.1, -0.05) is 37.1 Å². The normalized spacial score (nSPS) is 36.7. The van der Waals surface area contributed by atoms with Crippen molar-refractivity contribution in [1.82, 2.24) is 4.83 Å². The minimum absolute atomic E-state index is 0.0315. The highest BCUT2D eigenvalue weighted by atomic mass is 32.2. The lowest BCUT2D eigenvalue weighted by Crippen LogP contribution is -2.54. The van der Waals surface area contributed by atoms with E-state index in [1.165, 1.54) is 19.4 Å². The zero-order chi connectivity index (χ0) is 28.2. The van der Waals surface area contributed by atoms with Gasteiger partial charge in [-0.2, -0.15) is 18.4 Å². The van der Waals surface area contributed by atoms with Crippen molar-refractivity contribution in [3.63, 3.8) is 0 Å². The molecule has 0 aliphatic heterocycles. The Balaban J connectivity index is 1.54. The number of sulfonamides is 1. The predicted octanol–water partition coefficient (Wildman–Crippen LogP) is 5.07. The second-order valence-electron chi connectivity index (χ2n) is 12.5. The van der Waals surface area contributed by atoms with E-state index in [4.69, 9.17) is 9.47 Å². The fourth-order valence-electron chi connectivity index (χ4n) is 8.06. The number of allylic oxidation sites excluding steroid dienone is 1. The first-order valence-corrected chi connectivity index (χ1v) is 15.5. The van der Waals surface area contributed by atoms with Crippen LogP contribution in [0.2, 0.25) is 0 Å². The molecule has 0 saturated heterocycles. The summed E-state index contributed by atoms with van der Waals surface area (Å²) in [7, 11) is -3.85. The molecule has 1 aromatic rings. The van der Waals surface area contributed by atoms with Gasteiger partial charge in [-0.25, -0.2) is 0 Å². The minimum Gasteiger partial charge on any atom is -0.462 e. The topological polar surface area (TPSA) is 111 Å². The van der Waals surface area contributed by atoms with Crippen LogP contribution in [-0.2, 0) is 29.1 Å². The fourth-order valence-corrected chi connectivity index (χ4v) is 8.89. The summed E-state index contributed by atoms with van der Waals surface area (Å²) in [6.45, 7) is 9.35. The molecule has 0 radical (unpaired) electrons. The number of ether oxygens (including phenoxy) is 2. The van der Waals surface area contributed by atoms with Crippen LogP contribution < -0.4 is 4.83 Å². The van der Waals surface area contributed by atoms with Crippen LogP contribution in [0.25, 0.3) is 0 Å². The van der Waals surface area contributed by atoms with Gasteiger partial charge < -0.3 is 9.47 Å². The molecule has 3 fully saturated rings. The van der Waals surface area contributed by atoms with Gasteiger partial charge in [0.2, 0.25) is 0 Å². The number of esters is 2. The van der Waals surface area contributed by atoms with Crippen molar-refractivity contribution in [3.05, 3.63) is 41.5 Å². The highest BCUT2D eigenvalue weighted by molar-refractivity contribution is 7.89. The second-order valence-corrected chi connectivity index (χ2v) is 14.1. The first kappa shape index (κ1) is 27.9. The molecule has 4 aliphatic rings. The summed E-state index contributed by atoms with van der Waals surface area (Å²) in [5, 5.41) is 4.61. The minimum atomic E-state index is -3.85. The number of aryl methyl sites for hydroxylation is 1. The molecule has 0 amide bonds. The Morgan fingerprint density at radius 1 is 0.949 bits per heavy atom. The molecular formula is C30H40N2O6S. The van der Waals surface area contributed by atoms with Crippen molar-refractivity contribution < 1.29 is 27.5 Å². The van der Waals surface area contributed by atoms with E-state index in [2.05, 4.69) is 29.9 Å². The standard InChI is InChI=1S/C30H40N2O6S/c1-18-6-8-23(9-7-18)39(35,36)32-31-26-17-21-16-22(37-19(2)33)12-14-29(21,4)25-13-15-30(5)24(28(25)26)10-11-27(30)38-20(3)34/h6-9,17,22,24-25,27-28,32H,10-16H2,1-5H3/b31-26-/t22-,24?,25?,27-,28?,29-,30-/m0/s1. The Hall–Kier alpha value is -2.68. The highest BCUT2D eigenvalue weighted by Gasteiger charge is 2.61. The van der Waals surface area contributed by atoms with Crippen molar-refractivity contribution >= 4 is 27.7 Å². The van der Waals surface area contributed by atoms with Crippen LogP contribution in [0.1, 0.15) is 78.2 Å². The quantitative estimate of drug-likeness (QED) is 0.401. The molecule has 0 spiro atoms. The largest absolute Gasteiger partial charge is 0.462 e. The zero-order valence-corrected chi connectivity index (χ0v) is 24.3. The summed E-state index contributed by atoms with van der Waals surface area (Å²) >= 11 is 0. The number of hydrogen-bond acceptors (Lipinski definition) is 7. The number of carbonyl (C=O) groups is 2. The fraction of sp³-hybridized carbons (Fsp3) is 0.633. The van der Waals surface area contributed by atoms with Gasteiger partial charge in [0.25, 0.3) is 10.0 Å². The molecule has 0 bridgehead atoms. The number of benzene rings is 1. The lowest BCUT2D eigenvalue weighted by Gasteiger charge is -2.57. The highest BCUT2D eigenvalue weighted by Crippen LogP contribution is 2.64. The van der Waals surface area contributed by atoms with E-state index < -0.39 is 10.0 Å². The summed E-state index contributed by atoms with van der Waals surface area (Å²) in [6, 6.07) is 6.70. The molecule has 5 rings (SSSR count). The van der Waals surface area contributed by atoms with E-state index in [0.717, 1.165) is 49.8 Å². The molecule has 3 saturated carbocycles. The maximum absolute atomic E-state index is 13.2. The predicted molar refractivity (Wildman–Crippen MR) is 147 cm³/mol. The van der Waals surface area contributed by atoms with Crippen LogP contribution in [0.5, 0.6) is 0 Å². The number of rotatable bonds is 5. The second kappa shape index (κ2) is 10.1. The third-order valence-electron chi connectivity index (χ3n) is 10.1. The van der Waals surface area contributed by atoms with Gasteiger partial charge in [-0.05, 0) is 80.9 Å². The number of hydrogen-bond donors (Lipinski definition) is 1. The van der Waals surface area contributed by atoms with Crippen molar-refractivity contribution in [2.75, 3.05) is 0 Å². The Morgan fingerprint density at radius 3 is 2.31 bits per heavy atom. The van der Waals surface area contributed by atoms with E-state index in [-0.39, 0.29) is 57.6 Å². The van der Waals surface area contributed by atoms with E-state index in [0.29, 0.717) is 6.42 Å². The van der Waals surface area contributed by atoms with E-state index in [1.807, 2.05) is 6.92 Å². The number of hydrazone groups is 1. The third-order valence-corrected chi connectivity index (χ3v) is 11.3. The number of nitrogens with zero attached hydrogens (tertiary/aromatic N) is 1. The number of nitrogens with one attached hydrogen (secondary N) is 1. The Morgan fingerprint density at radius 2 is 1.64 bits per heavy atom. The van der Waals surface area contributed by atoms with Gasteiger partial charge in [-0.3, -0.25) is 9.59 Å². The van der Waals surface area contributed by atoms with Gasteiger partial charge in [-0.15, -0.1) is 0 Å². The average Bonchev–Trinajstić information content (AvgIpc) is 3.18. The SMILES string of the molecule is CC(=O)O[C@H]1CC[C@@]2(C)C(=C/C(=N/NS(=O)(=O)c3ccc(C)cc3)C3C2CC[C@@]2(C)C3CC[C@@H]2OC(C)=O)C1. The summed E-state index contributed by atoms with van der Waals surface area (Å²) in [5.74, 6) is -0.0282. The van der Waals surface area contributed by atoms with Crippen LogP contribution in [-0.4, -0.2) is 38.3 Å². The lowest BCUT2D eigenvalue weighted by molar-refractivity contribution is -0.155. The molecule has 9 heteroatoms. The smallest absolute Gasteiger partial charge is 0.302 e. The maximum atomic E-state index is 13.2.